The fourth-order valence-corrected chi connectivity index (χ4v) is 1.73. The highest BCUT2D eigenvalue weighted by Gasteiger charge is 2.41. The van der Waals surface area contributed by atoms with Gasteiger partial charge in [0.1, 0.15) is 0 Å². The first-order chi connectivity index (χ1) is 5.42. The van der Waals surface area contributed by atoms with Gasteiger partial charge in [-0.3, -0.25) is 4.79 Å². The molecule has 4 heteroatoms. The van der Waals surface area contributed by atoms with Crippen molar-refractivity contribution in [3.8, 4) is 0 Å². The SMILES string of the molecule is CC1CC(F)(F)CCC1C(=O)O. The molecular formula is C8H12F2O2. The first-order valence-corrected chi connectivity index (χ1v) is 4.03. The zero-order valence-corrected chi connectivity index (χ0v) is 6.89. The molecule has 1 N–H and O–H groups in total. The number of alkyl halides is 2. The highest BCUT2D eigenvalue weighted by Crippen LogP contribution is 2.39. The molecule has 70 valence electrons. The molecule has 1 fully saturated rings. The van der Waals surface area contributed by atoms with Crippen molar-refractivity contribution in [2.75, 3.05) is 0 Å². The fourth-order valence-electron chi connectivity index (χ4n) is 1.73. The number of rotatable bonds is 1. The maximum Gasteiger partial charge on any atom is 0.306 e. The molecule has 0 bridgehead atoms. The summed E-state index contributed by atoms with van der Waals surface area (Å²) < 4.78 is 25.4. The largest absolute Gasteiger partial charge is 0.481 e. The number of halogens is 2. The van der Waals surface area contributed by atoms with Crippen molar-refractivity contribution in [3.63, 3.8) is 0 Å². The van der Waals surface area contributed by atoms with E-state index in [-0.39, 0.29) is 19.3 Å². The van der Waals surface area contributed by atoms with Crippen LogP contribution in [0.4, 0.5) is 8.78 Å². The normalized spacial score (nSPS) is 34.6. The molecule has 0 aromatic rings. The second-order valence-electron chi connectivity index (χ2n) is 3.52. The Morgan fingerprint density at radius 3 is 2.58 bits per heavy atom. The van der Waals surface area contributed by atoms with Crippen LogP contribution in [0, 0.1) is 11.8 Å². The molecule has 0 aromatic heterocycles. The molecular weight excluding hydrogens is 166 g/mol. The lowest BCUT2D eigenvalue weighted by Crippen LogP contribution is -2.34. The number of carboxylic acid groups (broad SMARTS) is 1. The molecule has 0 saturated heterocycles. The summed E-state index contributed by atoms with van der Waals surface area (Å²) in [7, 11) is 0. The number of hydrogen-bond donors (Lipinski definition) is 1. The molecule has 0 radical (unpaired) electrons. The summed E-state index contributed by atoms with van der Waals surface area (Å²) in [4.78, 5) is 10.5. The van der Waals surface area contributed by atoms with Gasteiger partial charge in [-0.1, -0.05) is 6.92 Å². The third-order valence-corrected chi connectivity index (χ3v) is 2.45. The van der Waals surface area contributed by atoms with Crippen molar-refractivity contribution >= 4 is 5.97 Å². The minimum atomic E-state index is -2.65. The molecule has 1 saturated carbocycles. The summed E-state index contributed by atoms with van der Waals surface area (Å²) in [6, 6.07) is 0. The predicted octanol–water partition coefficient (Wildman–Crippen LogP) is 2.14. The van der Waals surface area contributed by atoms with Crippen LogP contribution in [-0.2, 0) is 4.79 Å². The van der Waals surface area contributed by atoms with Crippen LogP contribution in [0.15, 0.2) is 0 Å². The van der Waals surface area contributed by atoms with Gasteiger partial charge in [-0.25, -0.2) is 8.78 Å². The van der Waals surface area contributed by atoms with Crippen LogP contribution < -0.4 is 0 Å². The molecule has 12 heavy (non-hydrogen) atoms. The molecule has 0 aliphatic heterocycles. The Labute approximate surface area is 69.6 Å². The van der Waals surface area contributed by atoms with E-state index in [1.165, 1.54) is 0 Å². The molecule has 2 nitrogen and oxygen atoms in total. The molecule has 1 aliphatic rings. The standard InChI is InChI=1S/C8H12F2O2/c1-5-4-8(9,10)3-2-6(5)7(11)12/h5-6H,2-4H2,1H3,(H,11,12). The fraction of sp³-hybridized carbons (Fsp3) is 0.875. The van der Waals surface area contributed by atoms with Crippen molar-refractivity contribution in [2.45, 2.75) is 32.1 Å². The van der Waals surface area contributed by atoms with Crippen molar-refractivity contribution in [2.24, 2.45) is 11.8 Å². The van der Waals surface area contributed by atoms with E-state index in [9.17, 15) is 13.6 Å². The Hall–Kier alpha value is -0.670. The van der Waals surface area contributed by atoms with Crippen molar-refractivity contribution in [1.29, 1.82) is 0 Å². The summed E-state index contributed by atoms with van der Waals surface area (Å²) in [5, 5.41) is 8.63. The van der Waals surface area contributed by atoms with Crippen molar-refractivity contribution in [1.82, 2.24) is 0 Å². The Kier molecular flexibility index (Phi) is 2.35. The van der Waals surface area contributed by atoms with Gasteiger partial charge < -0.3 is 5.11 Å². The van der Waals surface area contributed by atoms with Crippen LogP contribution in [0.3, 0.4) is 0 Å². The molecule has 0 spiro atoms. The van der Waals surface area contributed by atoms with E-state index in [2.05, 4.69) is 0 Å². The third kappa shape index (κ3) is 1.93. The zero-order chi connectivity index (χ0) is 9.35. The van der Waals surface area contributed by atoms with Crippen LogP contribution >= 0.6 is 0 Å². The quantitative estimate of drug-likeness (QED) is 0.667. The van der Waals surface area contributed by atoms with Gasteiger partial charge in [0, 0.05) is 12.8 Å². The van der Waals surface area contributed by atoms with Crippen LogP contribution in [0.2, 0.25) is 0 Å². The molecule has 1 rings (SSSR count). The van der Waals surface area contributed by atoms with Gasteiger partial charge in [-0.2, -0.15) is 0 Å². The average Bonchev–Trinajstić information content (AvgIpc) is 1.83. The second-order valence-corrected chi connectivity index (χ2v) is 3.52. The first kappa shape index (κ1) is 9.42. The van der Waals surface area contributed by atoms with Gasteiger partial charge in [0.15, 0.2) is 0 Å². The summed E-state index contributed by atoms with van der Waals surface area (Å²) >= 11 is 0. The van der Waals surface area contributed by atoms with E-state index in [4.69, 9.17) is 5.11 Å². The van der Waals surface area contributed by atoms with E-state index >= 15 is 0 Å². The minimum absolute atomic E-state index is 0.101. The Morgan fingerprint density at radius 1 is 1.58 bits per heavy atom. The van der Waals surface area contributed by atoms with Crippen LogP contribution in [0.5, 0.6) is 0 Å². The lowest BCUT2D eigenvalue weighted by Gasteiger charge is -2.31. The zero-order valence-electron chi connectivity index (χ0n) is 6.89. The topological polar surface area (TPSA) is 37.3 Å². The highest BCUT2D eigenvalue weighted by molar-refractivity contribution is 5.70. The van der Waals surface area contributed by atoms with Gasteiger partial charge in [-0.15, -0.1) is 0 Å². The number of aliphatic carboxylic acids is 1. The van der Waals surface area contributed by atoms with Crippen LogP contribution in [0.25, 0.3) is 0 Å². The molecule has 0 aromatic carbocycles. The Balaban J connectivity index is 2.60. The van der Waals surface area contributed by atoms with Gasteiger partial charge in [0.2, 0.25) is 5.92 Å². The second kappa shape index (κ2) is 2.99. The van der Waals surface area contributed by atoms with Crippen molar-refractivity contribution in [3.05, 3.63) is 0 Å². The third-order valence-electron chi connectivity index (χ3n) is 2.45. The minimum Gasteiger partial charge on any atom is -0.481 e. The van der Waals surface area contributed by atoms with E-state index in [1.54, 1.807) is 6.92 Å². The summed E-state index contributed by atoms with van der Waals surface area (Å²) in [6.07, 6.45) is -0.470. The molecule has 1 aliphatic carbocycles. The smallest absolute Gasteiger partial charge is 0.306 e. The monoisotopic (exact) mass is 178 g/mol. The molecule has 0 heterocycles. The summed E-state index contributed by atoms with van der Waals surface area (Å²) in [5.74, 6) is -4.58. The van der Waals surface area contributed by atoms with Gasteiger partial charge in [-0.05, 0) is 12.3 Å². The Bertz CT molecular complexity index is 191. The highest BCUT2D eigenvalue weighted by atomic mass is 19.3. The van der Waals surface area contributed by atoms with Crippen molar-refractivity contribution < 1.29 is 18.7 Å². The van der Waals surface area contributed by atoms with Gasteiger partial charge in [0.25, 0.3) is 0 Å². The predicted molar refractivity (Wildman–Crippen MR) is 39.1 cm³/mol. The first-order valence-electron chi connectivity index (χ1n) is 4.03. The van der Waals surface area contributed by atoms with Gasteiger partial charge in [0.05, 0.1) is 5.92 Å². The van der Waals surface area contributed by atoms with Crippen LogP contribution in [-0.4, -0.2) is 17.0 Å². The molecule has 0 amide bonds. The average molecular weight is 178 g/mol. The van der Waals surface area contributed by atoms with E-state index in [1.807, 2.05) is 0 Å². The summed E-state index contributed by atoms with van der Waals surface area (Å²) in [5.41, 5.74) is 0. The maximum absolute atomic E-state index is 12.7. The van der Waals surface area contributed by atoms with Gasteiger partial charge >= 0.3 is 5.97 Å². The Morgan fingerprint density at radius 2 is 2.17 bits per heavy atom. The number of carbonyl (C=O) groups is 1. The maximum atomic E-state index is 12.7. The number of carboxylic acids is 1. The van der Waals surface area contributed by atoms with E-state index < -0.39 is 23.7 Å². The summed E-state index contributed by atoms with van der Waals surface area (Å²) in [6.45, 7) is 1.58. The molecule has 2 unspecified atom stereocenters. The van der Waals surface area contributed by atoms with E-state index in [0.717, 1.165) is 0 Å². The molecule has 2 atom stereocenters. The van der Waals surface area contributed by atoms with Crippen LogP contribution in [0.1, 0.15) is 26.2 Å². The van der Waals surface area contributed by atoms with E-state index in [0.29, 0.717) is 0 Å². The lowest BCUT2D eigenvalue weighted by atomic mass is 9.78. The lowest BCUT2D eigenvalue weighted by molar-refractivity contribution is -0.149. The number of hydrogen-bond acceptors (Lipinski definition) is 1.